The number of aryl methyl sites for hydroxylation is 1. The molecule has 1 amide bonds. The lowest BCUT2D eigenvalue weighted by Crippen LogP contribution is -2.15. The molecule has 0 spiro atoms. The first-order chi connectivity index (χ1) is 13.0. The molecule has 8 heteroatoms. The van der Waals surface area contributed by atoms with Gasteiger partial charge in [-0.15, -0.1) is 10.2 Å². The van der Waals surface area contributed by atoms with E-state index in [0.717, 1.165) is 17.0 Å². The molecule has 5 nitrogen and oxygen atoms in total. The van der Waals surface area contributed by atoms with Gasteiger partial charge in [-0.25, -0.2) is 0 Å². The van der Waals surface area contributed by atoms with Crippen LogP contribution in [-0.4, -0.2) is 26.4 Å². The number of amides is 1. The molecule has 0 aliphatic heterocycles. The normalized spacial score (nSPS) is 10.8. The van der Waals surface area contributed by atoms with E-state index >= 15 is 0 Å². The molecule has 2 aromatic carbocycles. The first-order valence-corrected chi connectivity index (χ1v) is 10.1. The van der Waals surface area contributed by atoms with Crippen molar-refractivity contribution < 1.29 is 4.79 Å². The standard InChI is InChI=1S/C19H18Cl2N4OS/c1-3-25-18(13-6-4-5-12(2)9-13)23-24-19(25)27-11-17(26)22-16-10-14(20)7-8-15(16)21/h4-10H,3,11H2,1-2H3,(H,22,26). The first kappa shape index (κ1) is 19.7. The molecule has 3 rings (SSSR count). The maximum absolute atomic E-state index is 12.3. The number of anilines is 1. The SMILES string of the molecule is CCn1c(SCC(=O)Nc2cc(Cl)ccc2Cl)nnc1-c1cccc(C)c1. The van der Waals surface area contributed by atoms with Crippen LogP contribution in [0.4, 0.5) is 5.69 Å². The van der Waals surface area contributed by atoms with Crippen molar-refractivity contribution >= 4 is 46.6 Å². The number of carbonyl (C=O) groups is 1. The Bertz CT molecular complexity index is 974. The van der Waals surface area contributed by atoms with Crippen LogP contribution in [0.3, 0.4) is 0 Å². The molecule has 1 aromatic heterocycles. The molecule has 0 fully saturated rings. The molecule has 0 saturated carbocycles. The average Bonchev–Trinajstić information content (AvgIpc) is 3.06. The van der Waals surface area contributed by atoms with E-state index in [-0.39, 0.29) is 11.7 Å². The van der Waals surface area contributed by atoms with E-state index in [1.54, 1.807) is 18.2 Å². The minimum absolute atomic E-state index is 0.188. The number of carbonyl (C=O) groups excluding carboxylic acids is 1. The summed E-state index contributed by atoms with van der Waals surface area (Å²) in [5.41, 5.74) is 2.66. The van der Waals surface area contributed by atoms with Crippen LogP contribution < -0.4 is 5.32 Å². The van der Waals surface area contributed by atoms with E-state index in [4.69, 9.17) is 23.2 Å². The Morgan fingerprint density at radius 3 is 2.74 bits per heavy atom. The highest BCUT2D eigenvalue weighted by atomic mass is 35.5. The van der Waals surface area contributed by atoms with Gasteiger partial charge >= 0.3 is 0 Å². The molecule has 0 unspecified atom stereocenters. The van der Waals surface area contributed by atoms with Gasteiger partial charge in [-0.3, -0.25) is 4.79 Å². The van der Waals surface area contributed by atoms with Gasteiger partial charge in [0, 0.05) is 17.1 Å². The molecule has 0 aliphatic carbocycles. The summed E-state index contributed by atoms with van der Waals surface area (Å²) in [5.74, 6) is 0.795. The van der Waals surface area contributed by atoms with Crippen molar-refractivity contribution in [3.8, 4) is 11.4 Å². The number of aromatic nitrogens is 3. The van der Waals surface area contributed by atoms with E-state index in [1.165, 1.54) is 11.8 Å². The van der Waals surface area contributed by atoms with E-state index in [2.05, 4.69) is 21.6 Å². The number of nitrogens with zero attached hydrogens (tertiary/aromatic N) is 3. The molecule has 1 heterocycles. The minimum atomic E-state index is -0.188. The van der Waals surface area contributed by atoms with Crippen LogP contribution in [0.15, 0.2) is 47.6 Å². The second-order valence-corrected chi connectivity index (χ2v) is 7.67. The van der Waals surface area contributed by atoms with Gasteiger partial charge in [0.05, 0.1) is 16.5 Å². The average molecular weight is 421 g/mol. The summed E-state index contributed by atoms with van der Waals surface area (Å²) in [4.78, 5) is 12.3. The molecule has 0 atom stereocenters. The van der Waals surface area contributed by atoms with Crippen molar-refractivity contribution in [1.29, 1.82) is 0 Å². The summed E-state index contributed by atoms with van der Waals surface area (Å²) in [6.07, 6.45) is 0. The van der Waals surface area contributed by atoms with Crippen LogP contribution in [0.1, 0.15) is 12.5 Å². The van der Waals surface area contributed by atoms with Crippen LogP contribution in [0.25, 0.3) is 11.4 Å². The fourth-order valence-electron chi connectivity index (χ4n) is 2.59. The molecule has 140 valence electrons. The smallest absolute Gasteiger partial charge is 0.234 e. The van der Waals surface area contributed by atoms with Gasteiger partial charge in [0.1, 0.15) is 0 Å². The molecule has 3 aromatic rings. The van der Waals surface area contributed by atoms with Crippen molar-refractivity contribution in [3.05, 3.63) is 58.1 Å². The predicted octanol–water partition coefficient (Wildman–Crippen LogP) is 5.31. The number of thioether (sulfide) groups is 1. The number of halogens is 2. The van der Waals surface area contributed by atoms with Gasteiger partial charge in [-0.1, -0.05) is 58.7 Å². The Morgan fingerprint density at radius 1 is 1.19 bits per heavy atom. The Kier molecular flexibility index (Phi) is 6.42. The van der Waals surface area contributed by atoms with Crippen LogP contribution >= 0.6 is 35.0 Å². The van der Waals surface area contributed by atoms with E-state index in [1.807, 2.05) is 36.6 Å². The Morgan fingerprint density at radius 2 is 2.00 bits per heavy atom. The third-order valence-corrected chi connectivity index (χ3v) is 5.38. The van der Waals surface area contributed by atoms with Crippen molar-refractivity contribution in [2.75, 3.05) is 11.1 Å². The zero-order chi connectivity index (χ0) is 19.4. The third kappa shape index (κ3) is 4.83. The Balaban J connectivity index is 1.71. The lowest BCUT2D eigenvalue weighted by atomic mass is 10.1. The topological polar surface area (TPSA) is 59.8 Å². The fourth-order valence-corrected chi connectivity index (χ4v) is 3.73. The molecule has 0 saturated heterocycles. The molecule has 0 bridgehead atoms. The van der Waals surface area contributed by atoms with Crippen molar-refractivity contribution in [1.82, 2.24) is 14.8 Å². The summed E-state index contributed by atoms with van der Waals surface area (Å²) < 4.78 is 2.00. The first-order valence-electron chi connectivity index (χ1n) is 8.36. The molecular weight excluding hydrogens is 403 g/mol. The highest BCUT2D eigenvalue weighted by Crippen LogP contribution is 2.27. The van der Waals surface area contributed by atoms with Crippen LogP contribution in [0, 0.1) is 6.92 Å². The maximum Gasteiger partial charge on any atom is 0.234 e. The van der Waals surface area contributed by atoms with Crippen molar-refractivity contribution in [2.24, 2.45) is 0 Å². The van der Waals surface area contributed by atoms with Crippen LogP contribution in [0.5, 0.6) is 0 Å². The van der Waals surface area contributed by atoms with E-state index < -0.39 is 0 Å². The van der Waals surface area contributed by atoms with Crippen LogP contribution in [-0.2, 0) is 11.3 Å². The van der Waals surface area contributed by atoms with Gasteiger partial charge in [0.25, 0.3) is 0 Å². The zero-order valence-corrected chi connectivity index (χ0v) is 17.2. The Labute approximate surface area is 172 Å². The largest absolute Gasteiger partial charge is 0.324 e. The third-order valence-electron chi connectivity index (χ3n) is 3.84. The van der Waals surface area contributed by atoms with Crippen molar-refractivity contribution in [3.63, 3.8) is 0 Å². The monoisotopic (exact) mass is 420 g/mol. The quantitative estimate of drug-likeness (QED) is 0.548. The minimum Gasteiger partial charge on any atom is -0.324 e. The molecular formula is C19H18Cl2N4OS. The zero-order valence-electron chi connectivity index (χ0n) is 14.9. The lowest BCUT2D eigenvalue weighted by Gasteiger charge is -2.09. The summed E-state index contributed by atoms with van der Waals surface area (Å²) in [6, 6.07) is 13.0. The number of rotatable bonds is 6. The number of nitrogens with one attached hydrogen (secondary N) is 1. The van der Waals surface area contributed by atoms with Crippen LogP contribution in [0.2, 0.25) is 10.0 Å². The van der Waals surface area contributed by atoms with E-state index in [9.17, 15) is 4.79 Å². The predicted molar refractivity (Wildman–Crippen MR) is 112 cm³/mol. The summed E-state index contributed by atoms with van der Waals surface area (Å²) in [6.45, 7) is 4.77. The van der Waals surface area contributed by atoms with Crippen molar-refractivity contribution in [2.45, 2.75) is 25.5 Å². The number of benzene rings is 2. The van der Waals surface area contributed by atoms with Gasteiger partial charge < -0.3 is 9.88 Å². The van der Waals surface area contributed by atoms with E-state index in [0.29, 0.717) is 27.4 Å². The van der Waals surface area contributed by atoms with Gasteiger partial charge in [0.15, 0.2) is 11.0 Å². The molecule has 0 aliphatic rings. The Hall–Kier alpha value is -2.02. The molecule has 0 radical (unpaired) electrons. The summed E-state index contributed by atoms with van der Waals surface area (Å²) in [7, 11) is 0. The maximum atomic E-state index is 12.3. The van der Waals surface area contributed by atoms with Gasteiger partial charge in [0.2, 0.25) is 5.91 Å². The second kappa shape index (κ2) is 8.78. The highest BCUT2D eigenvalue weighted by Gasteiger charge is 2.15. The summed E-state index contributed by atoms with van der Waals surface area (Å²) >= 11 is 13.4. The fraction of sp³-hybridized carbons (Fsp3) is 0.211. The molecule has 27 heavy (non-hydrogen) atoms. The number of hydrogen-bond acceptors (Lipinski definition) is 4. The lowest BCUT2D eigenvalue weighted by molar-refractivity contribution is -0.113. The summed E-state index contributed by atoms with van der Waals surface area (Å²) in [5, 5.41) is 13.0. The van der Waals surface area contributed by atoms with Gasteiger partial charge in [-0.05, 0) is 38.1 Å². The number of hydrogen-bond donors (Lipinski definition) is 1. The second-order valence-electron chi connectivity index (χ2n) is 5.88. The van der Waals surface area contributed by atoms with Gasteiger partial charge in [-0.2, -0.15) is 0 Å². The molecule has 1 N–H and O–H groups in total. The highest BCUT2D eigenvalue weighted by molar-refractivity contribution is 7.99.